The van der Waals surface area contributed by atoms with E-state index in [4.69, 9.17) is 4.74 Å². The van der Waals surface area contributed by atoms with Crippen molar-refractivity contribution in [1.29, 1.82) is 0 Å². The molecule has 3 rings (SSSR count). The number of methoxy groups -OCH3 is 1. The van der Waals surface area contributed by atoms with Gasteiger partial charge in [-0.3, -0.25) is 0 Å². The van der Waals surface area contributed by atoms with Gasteiger partial charge >= 0.3 is 0 Å². The minimum Gasteiger partial charge on any atom is -0.496 e. The molecule has 2 N–H and O–H groups in total. The molecule has 1 heterocycles. The molecule has 1 aromatic heterocycles. The topological polar surface area (TPSA) is 49.9 Å². The third kappa shape index (κ3) is 2.54. The van der Waals surface area contributed by atoms with Crippen LogP contribution in [0.4, 0.5) is 10.3 Å². The summed E-state index contributed by atoms with van der Waals surface area (Å²) in [6, 6.07) is 12.3. The zero-order valence-corrected chi connectivity index (χ0v) is 11.9. The molecular formula is C16H16FN3O. The number of fused-ring (bicyclic) bond motifs is 1. The van der Waals surface area contributed by atoms with Gasteiger partial charge in [0.05, 0.1) is 29.7 Å². The highest BCUT2D eigenvalue weighted by atomic mass is 19.1. The molecule has 0 aliphatic rings. The summed E-state index contributed by atoms with van der Waals surface area (Å²) in [7, 11) is 1.53. The average molecular weight is 285 g/mol. The highest BCUT2D eigenvalue weighted by Gasteiger charge is 2.17. The van der Waals surface area contributed by atoms with E-state index < -0.39 is 0 Å². The van der Waals surface area contributed by atoms with Gasteiger partial charge in [0, 0.05) is 0 Å². The Morgan fingerprint density at radius 1 is 1.19 bits per heavy atom. The number of anilines is 1. The summed E-state index contributed by atoms with van der Waals surface area (Å²) in [5, 5.41) is 3.18. The van der Waals surface area contributed by atoms with Crippen molar-refractivity contribution >= 4 is 17.0 Å². The Bertz CT molecular complexity index is 736. The van der Waals surface area contributed by atoms with Crippen molar-refractivity contribution in [3.05, 3.63) is 53.8 Å². The van der Waals surface area contributed by atoms with E-state index in [0.29, 0.717) is 17.3 Å². The van der Waals surface area contributed by atoms with Crippen LogP contribution >= 0.6 is 0 Å². The molecule has 21 heavy (non-hydrogen) atoms. The zero-order chi connectivity index (χ0) is 14.8. The first-order valence-electron chi connectivity index (χ1n) is 6.72. The van der Waals surface area contributed by atoms with Gasteiger partial charge in [-0.15, -0.1) is 0 Å². The minimum absolute atomic E-state index is 0.276. The fourth-order valence-electron chi connectivity index (χ4n) is 2.41. The molecule has 0 saturated heterocycles. The molecule has 0 spiro atoms. The second-order valence-electron chi connectivity index (χ2n) is 4.82. The van der Waals surface area contributed by atoms with Crippen LogP contribution < -0.4 is 10.1 Å². The lowest BCUT2D eigenvalue weighted by Gasteiger charge is -2.17. The summed E-state index contributed by atoms with van der Waals surface area (Å²) >= 11 is 0. The van der Waals surface area contributed by atoms with Crippen LogP contribution in [0.3, 0.4) is 0 Å². The Balaban J connectivity index is 1.91. The number of imidazole rings is 1. The van der Waals surface area contributed by atoms with Crippen LogP contribution in [0.15, 0.2) is 42.5 Å². The van der Waals surface area contributed by atoms with E-state index in [9.17, 15) is 4.39 Å². The summed E-state index contributed by atoms with van der Waals surface area (Å²) in [5.41, 5.74) is 2.29. The SMILES string of the molecule is COc1cccc(F)c1C(C)Nc1nc2ccccc2[nH]1. The Kier molecular flexibility index (Phi) is 3.48. The number of benzene rings is 2. The van der Waals surface area contributed by atoms with Gasteiger partial charge < -0.3 is 15.0 Å². The smallest absolute Gasteiger partial charge is 0.201 e. The number of rotatable bonds is 4. The maximum absolute atomic E-state index is 14.0. The van der Waals surface area contributed by atoms with Crippen LogP contribution in [0, 0.1) is 5.82 Å². The number of nitrogens with one attached hydrogen (secondary N) is 2. The number of aromatic nitrogens is 2. The van der Waals surface area contributed by atoms with Crippen molar-refractivity contribution in [2.75, 3.05) is 12.4 Å². The number of aromatic amines is 1. The van der Waals surface area contributed by atoms with Gasteiger partial charge in [-0.2, -0.15) is 0 Å². The summed E-state index contributed by atoms with van der Waals surface area (Å²) in [6.07, 6.45) is 0. The summed E-state index contributed by atoms with van der Waals surface area (Å²) in [6.45, 7) is 1.87. The van der Waals surface area contributed by atoms with Crippen molar-refractivity contribution in [2.45, 2.75) is 13.0 Å². The Hall–Kier alpha value is -2.56. The predicted octanol–water partition coefficient (Wildman–Crippen LogP) is 3.88. The van der Waals surface area contributed by atoms with Gasteiger partial charge in [-0.1, -0.05) is 18.2 Å². The molecule has 0 fully saturated rings. The fraction of sp³-hybridized carbons (Fsp3) is 0.188. The van der Waals surface area contributed by atoms with Gasteiger partial charge in [-0.05, 0) is 31.2 Å². The van der Waals surface area contributed by atoms with E-state index in [1.165, 1.54) is 13.2 Å². The summed E-state index contributed by atoms with van der Waals surface area (Å²) < 4.78 is 19.3. The largest absolute Gasteiger partial charge is 0.496 e. The van der Waals surface area contributed by atoms with Gasteiger partial charge in [0.1, 0.15) is 11.6 Å². The van der Waals surface area contributed by atoms with Crippen molar-refractivity contribution in [1.82, 2.24) is 9.97 Å². The van der Waals surface area contributed by atoms with E-state index in [1.54, 1.807) is 12.1 Å². The normalized spacial score (nSPS) is 12.3. The molecule has 0 aliphatic heterocycles. The molecule has 2 aromatic carbocycles. The number of hydrogen-bond donors (Lipinski definition) is 2. The number of hydrogen-bond acceptors (Lipinski definition) is 3. The van der Waals surface area contributed by atoms with Gasteiger partial charge in [-0.25, -0.2) is 9.37 Å². The molecule has 0 bridgehead atoms. The number of ether oxygens (including phenoxy) is 1. The van der Waals surface area contributed by atoms with E-state index >= 15 is 0 Å². The van der Waals surface area contributed by atoms with Crippen LogP contribution in [0.25, 0.3) is 11.0 Å². The summed E-state index contributed by atoms with van der Waals surface area (Å²) in [4.78, 5) is 7.60. The van der Waals surface area contributed by atoms with E-state index in [-0.39, 0.29) is 11.9 Å². The third-order valence-corrected chi connectivity index (χ3v) is 3.41. The van der Waals surface area contributed by atoms with Gasteiger partial charge in [0.2, 0.25) is 5.95 Å². The molecule has 0 amide bonds. The average Bonchev–Trinajstić information content (AvgIpc) is 2.88. The molecule has 5 heteroatoms. The third-order valence-electron chi connectivity index (χ3n) is 3.41. The highest BCUT2D eigenvalue weighted by molar-refractivity contribution is 5.77. The van der Waals surface area contributed by atoms with Crippen molar-refractivity contribution in [3.63, 3.8) is 0 Å². The molecule has 1 atom stereocenters. The summed E-state index contributed by atoms with van der Waals surface area (Å²) in [5.74, 6) is 0.825. The van der Waals surface area contributed by atoms with Crippen molar-refractivity contribution in [3.8, 4) is 5.75 Å². The standard InChI is InChI=1S/C16H16FN3O/c1-10(15-11(17)6-5-9-14(15)21-2)18-16-19-12-7-3-4-8-13(12)20-16/h3-10H,1-2H3,(H2,18,19,20). The number of H-pyrrole nitrogens is 1. The molecular weight excluding hydrogens is 269 g/mol. The molecule has 0 radical (unpaired) electrons. The zero-order valence-electron chi connectivity index (χ0n) is 11.9. The lowest BCUT2D eigenvalue weighted by atomic mass is 10.1. The highest BCUT2D eigenvalue weighted by Crippen LogP contribution is 2.29. The van der Waals surface area contributed by atoms with Crippen LogP contribution in [0.2, 0.25) is 0 Å². The van der Waals surface area contributed by atoms with Crippen LogP contribution in [0.1, 0.15) is 18.5 Å². The first-order valence-corrected chi connectivity index (χ1v) is 6.72. The van der Waals surface area contributed by atoms with Crippen molar-refractivity contribution < 1.29 is 9.13 Å². The van der Waals surface area contributed by atoms with E-state index in [1.807, 2.05) is 31.2 Å². The van der Waals surface area contributed by atoms with Gasteiger partial charge in [0.25, 0.3) is 0 Å². The second-order valence-corrected chi connectivity index (χ2v) is 4.82. The number of nitrogens with zero attached hydrogens (tertiary/aromatic N) is 1. The van der Waals surface area contributed by atoms with Crippen LogP contribution in [0.5, 0.6) is 5.75 Å². The molecule has 4 nitrogen and oxygen atoms in total. The Morgan fingerprint density at radius 2 is 2.00 bits per heavy atom. The molecule has 0 saturated carbocycles. The lowest BCUT2D eigenvalue weighted by Crippen LogP contribution is -2.11. The Morgan fingerprint density at radius 3 is 2.76 bits per heavy atom. The number of halogens is 1. The van der Waals surface area contributed by atoms with Gasteiger partial charge in [0.15, 0.2) is 0 Å². The second kappa shape index (κ2) is 5.44. The fourth-order valence-corrected chi connectivity index (χ4v) is 2.41. The lowest BCUT2D eigenvalue weighted by molar-refractivity contribution is 0.402. The van der Waals surface area contributed by atoms with Crippen LogP contribution in [-0.2, 0) is 0 Å². The molecule has 108 valence electrons. The number of para-hydroxylation sites is 2. The monoisotopic (exact) mass is 285 g/mol. The Labute approximate surface area is 122 Å². The first kappa shape index (κ1) is 13.4. The van der Waals surface area contributed by atoms with E-state index in [2.05, 4.69) is 15.3 Å². The minimum atomic E-state index is -0.300. The maximum Gasteiger partial charge on any atom is 0.201 e. The van der Waals surface area contributed by atoms with Crippen molar-refractivity contribution in [2.24, 2.45) is 0 Å². The first-order chi connectivity index (χ1) is 10.2. The molecule has 0 aliphatic carbocycles. The predicted molar refractivity (Wildman–Crippen MR) is 81.1 cm³/mol. The molecule has 3 aromatic rings. The van der Waals surface area contributed by atoms with Crippen LogP contribution in [-0.4, -0.2) is 17.1 Å². The molecule has 1 unspecified atom stereocenters. The van der Waals surface area contributed by atoms with E-state index in [0.717, 1.165) is 11.0 Å². The quantitative estimate of drug-likeness (QED) is 0.764. The maximum atomic E-state index is 14.0.